The van der Waals surface area contributed by atoms with E-state index in [1.165, 1.54) is 30.2 Å². The van der Waals surface area contributed by atoms with Gasteiger partial charge < -0.3 is 20.1 Å². The van der Waals surface area contributed by atoms with E-state index < -0.39 is 22.0 Å². The molecule has 0 atom stereocenters. The zero-order chi connectivity index (χ0) is 20.5. The number of aliphatic hydroxyl groups excluding tert-OH is 1. The van der Waals surface area contributed by atoms with Gasteiger partial charge >= 0.3 is 5.97 Å². The molecule has 28 heavy (non-hydrogen) atoms. The number of amides is 1. The molecule has 10 heteroatoms. The van der Waals surface area contributed by atoms with Gasteiger partial charge in [-0.25, -0.2) is 4.79 Å². The van der Waals surface area contributed by atoms with Gasteiger partial charge in [0.25, 0.3) is 16.0 Å². The number of carbonyl (C=O) groups excluding carboxylic acids is 2. The van der Waals surface area contributed by atoms with Crippen LogP contribution < -0.4 is 5.32 Å². The van der Waals surface area contributed by atoms with Crippen molar-refractivity contribution >= 4 is 38.5 Å². The Bertz CT molecular complexity index is 1090. The molecule has 0 spiro atoms. The van der Waals surface area contributed by atoms with Crippen LogP contribution in [0.3, 0.4) is 0 Å². The fourth-order valence-electron chi connectivity index (χ4n) is 3.00. The van der Waals surface area contributed by atoms with Crippen LogP contribution in [0.2, 0.25) is 0 Å². The Balaban J connectivity index is 2.09. The van der Waals surface area contributed by atoms with Gasteiger partial charge in [0.1, 0.15) is 5.70 Å². The number of ether oxygens (including phenoxy) is 1. The first-order valence-electron chi connectivity index (χ1n) is 8.25. The minimum absolute atomic E-state index is 0.00920. The summed E-state index contributed by atoms with van der Waals surface area (Å²) in [6, 6.07) is 9.10. The largest absolute Gasteiger partial charge is 0.466 e. The fraction of sp³-hybridized carbons (Fsp3) is 0.222. The number of aliphatic hydroxyl groups is 1. The molecule has 148 valence electrons. The lowest BCUT2D eigenvalue weighted by Crippen LogP contribution is -2.31. The summed E-state index contributed by atoms with van der Waals surface area (Å²) in [6.45, 7) is -0.234. The van der Waals surface area contributed by atoms with Crippen LogP contribution in [0.5, 0.6) is 0 Å². The third-order valence-corrected chi connectivity index (χ3v) is 5.21. The van der Waals surface area contributed by atoms with Crippen LogP contribution in [0.1, 0.15) is 0 Å². The summed E-state index contributed by atoms with van der Waals surface area (Å²) >= 11 is 0. The van der Waals surface area contributed by atoms with E-state index in [2.05, 4.69) is 5.32 Å². The lowest BCUT2D eigenvalue weighted by molar-refractivity contribution is -0.136. The molecule has 0 unspecified atom stereocenters. The number of methoxy groups -OCH3 is 1. The van der Waals surface area contributed by atoms with Crippen LogP contribution in [-0.4, -0.2) is 61.7 Å². The van der Waals surface area contributed by atoms with Crippen molar-refractivity contribution in [2.75, 3.05) is 32.1 Å². The van der Waals surface area contributed by atoms with Crippen LogP contribution in [0.4, 0.5) is 5.69 Å². The lowest BCUT2D eigenvalue weighted by atomic mass is 10.1. The predicted molar refractivity (Wildman–Crippen MR) is 100 cm³/mol. The molecule has 2 aromatic carbocycles. The minimum Gasteiger partial charge on any atom is -0.466 e. The standard InChI is InChI=1S/C18H18N2O7S/c1-27-18(23)14-10-20(7-8-21)17(22)16(14)19-15-4-2-3-11-5-6-12(9-13(11)15)28(24,25)26/h2-6,9,19,21H,7-8,10H2,1H3,(H,24,25,26). The second kappa shape index (κ2) is 7.58. The third-order valence-electron chi connectivity index (χ3n) is 4.36. The van der Waals surface area contributed by atoms with Gasteiger partial charge in [-0.15, -0.1) is 0 Å². The van der Waals surface area contributed by atoms with Gasteiger partial charge in [-0.05, 0) is 23.6 Å². The van der Waals surface area contributed by atoms with E-state index in [0.717, 1.165) is 0 Å². The van der Waals surface area contributed by atoms with Crippen molar-refractivity contribution in [2.45, 2.75) is 4.90 Å². The summed E-state index contributed by atoms with van der Waals surface area (Å²) in [5.74, 6) is -1.17. The summed E-state index contributed by atoms with van der Waals surface area (Å²) in [5, 5.41) is 13.1. The molecule has 1 aliphatic heterocycles. The van der Waals surface area contributed by atoms with Crippen molar-refractivity contribution < 1.29 is 32.4 Å². The number of hydrogen-bond acceptors (Lipinski definition) is 7. The molecule has 0 bridgehead atoms. The van der Waals surface area contributed by atoms with E-state index in [0.29, 0.717) is 16.5 Å². The average molecular weight is 406 g/mol. The van der Waals surface area contributed by atoms with Crippen LogP contribution in [-0.2, 0) is 24.4 Å². The van der Waals surface area contributed by atoms with Gasteiger partial charge in [0.05, 0.1) is 30.7 Å². The Morgan fingerprint density at radius 1 is 1.29 bits per heavy atom. The van der Waals surface area contributed by atoms with E-state index >= 15 is 0 Å². The Morgan fingerprint density at radius 3 is 2.68 bits per heavy atom. The van der Waals surface area contributed by atoms with Crippen molar-refractivity contribution in [1.82, 2.24) is 4.90 Å². The monoisotopic (exact) mass is 406 g/mol. The van der Waals surface area contributed by atoms with Crippen LogP contribution in [0, 0.1) is 0 Å². The normalized spacial score (nSPS) is 14.7. The smallest absolute Gasteiger partial charge is 0.337 e. The first-order chi connectivity index (χ1) is 13.3. The van der Waals surface area contributed by atoms with Crippen LogP contribution >= 0.6 is 0 Å². The first kappa shape index (κ1) is 19.8. The van der Waals surface area contributed by atoms with Crippen molar-refractivity contribution in [3.05, 3.63) is 47.7 Å². The maximum Gasteiger partial charge on any atom is 0.337 e. The van der Waals surface area contributed by atoms with Crippen molar-refractivity contribution in [3.63, 3.8) is 0 Å². The van der Waals surface area contributed by atoms with Gasteiger partial charge in [-0.2, -0.15) is 8.42 Å². The Hall–Kier alpha value is -2.95. The molecule has 0 fully saturated rings. The first-order valence-corrected chi connectivity index (χ1v) is 9.69. The maximum atomic E-state index is 12.6. The predicted octanol–water partition coefficient (Wildman–Crippen LogP) is 0.760. The van der Waals surface area contributed by atoms with E-state index in [4.69, 9.17) is 9.84 Å². The highest BCUT2D eigenvalue weighted by molar-refractivity contribution is 7.85. The number of anilines is 1. The molecule has 1 amide bonds. The molecule has 0 aromatic heterocycles. The van der Waals surface area contributed by atoms with Crippen molar-refractivity contribution in [2.24, 2.45) is 0 Å². The zero-order valence-electron chi connectivity index (χ0n) is 14.9. The number of nitrogens with zero attached hydrogens (tertiary/aromatic N) is 1. The van der Waals surface area contributed by atoms with Crippen LogP contribution in [0.15, 0.2) is 52.6 Å². The van der Waals surface area contributed by atoms with Crippen molar-refractivity contribution in [3.8, 4) is 0 Å². The van der Waals surface area contributed by atoms with E-state index in [1.807, 2.05) is 0 Å². The molecule has 3 rings (SSSR count). The zero-order valence-corrected chi connectivity index (χ0v) is 15.7. The number of carbonyl (C=O) groups is 2. The highest BCUT2D eigenvalue weighted by Crippen LogP contribution is 2.30. The maximum absolute atomic E-state index is 12.6. The summed E-state index contributed by atoms with van der Waals surface area (Å²) < 4.78 is 37.0. The summed E-state index contributed by atoms with van der Waals surface area (Å²) in [4.78, 5) is 25.7. The number of β-amino-alcohol motifs (C(OH)–C–C–N with tert-alkyl or cyclic N) is 1. The molecule has 3 N–H and O–H groups in total. The van der Waals surface area contributed by atoms with E-state index in [9.17, 15) is 22.6 Å². The highest BCUT2D eigenvalue weighted by atomic mass is 32.2. The fourth-order valence-corrected chi connectivity index (χ4v) is 3.51. The molecule has 0 saturated heterocycles. The number of rotatable bonds is 6. The van der Waals surface area contributed by atoms with Crippen molar-refractivity contribution in [1.29, 1.82) is 0 Å². The van der Waals surface area contributed by atoms with Gasteiger partial charge in [0, 0.05) is 17.6 Å². The minimum atomic E-state index is -4.41. The number of benzene rings is 2. The summed E-state index contributed by atoms with van der Waals surface area (Å²) in [5.41, 5.74) is 0.465. The van der Waals surface area contributed by atoms with Gasteiger partial charge in [0.2, 0.25) is 0 Å². The Kier molecular flexibility index (Phi) is 5.36. The molecule has 1 heterocycles. The molecule has 0 radical (unpaired) electrons. The molecular formula is C18H18N2O7S. The van der Waals surface area contributed by atoms with E-state index in [1.54, 1.807) is 18.2 Å². The summed E-state index contributed by atoms with van der Waals surface area (Å²) in [7, 11) is -3.21. The summed E-state index contributed by atoms with van der Waals surface area (Å²) in [6.07, 6.45) is 0. The second-order valence-corrected chi connectivity index (χ2v) is 7.51. The highest BCUT2D eigenvalue weighted by Gasteiger charge is 2.34. The number of fused-ring (bicyclic) bond motifs is 1. The molecule has 9 nitrogen and oxygen atoms in total. The number of nitrogens with one attached hydrogen (secondary N) is 1. The van der Waals surface area contributed by atoms with Crippen LogP contribution in [0.25, 0.3) is 10.8 Å². The molecule has 1 aliphatic rings. The molecule has 0 aliphatic carbocycles. The molecule has 2 aromatic rings. The Labute approximate surface area is 161 Å². The van der Waals surface area contributed by atoms with Gasteiger partial charge in [0.15, 0.2) is 0 Å². The third kappa shape index (κ3) is 3.70. The number of esters is 1. The van der Waals surface area contributed by atoms with E-state index in [-0.39, 0.29) is 35.9 Å². The quantitative estimate of drug-likeness (QED) is 0.473. The van der Waals surface area contributed by atoms with Gasteiger partial charge in [-0.1, -0.05) is 18.2 Å². The topological polar surface area (TPSA) is 133 Å². The molecular weight excluding hydrogens is 388 g/mol. The number of hydrogen-bond donors (Lipinski definition) is 3. The average Bonchev–Trinajstić information content (AvgIpc) is 2.96. The SMILES string of the molecule is COC(=O)C1=C(Nc2cccc3ccc(S(=O)(=O)O)cc23)C(=O)N(CCO)C1. The lowest BCUT2D eigenvalue weighted by Gasteiger charge is -2.15. The van der Waals surface area contributed by atoms with Gasteiger partial charge in [-0.3, -0.25) is 9.35 Å². The Morgan fingerprint density at radius 2 is 2.04 bits per heavy atom. The molecule has 0 saturated carbocycles. The second-order valence-electron chi connectivity index (χ2n) is 6.08.